The van der Waals surface area contributed by atoms with Crippen molar-refractivity contribution in [3.63, 3.8) is 0 Å². The molecule has 21 heavy (non-hydrogen) atoms. The Kier molecular flexibility index (Phi) is 5.32. The first kappa shape index (κ1) is 16.4. The minimum absolute atomic E-state index is 0.317. The Morgan fingerprint density at radius 1 is 1.24 bits per heavy atom. The van der Waals surface area contributed by atoms with E-state index in [0.29, 0.717) is 11.4 Å². The van der Waals surface area contributed by atoms with E-state index in [4.69, 9.17) is 4.74 Å². The van der Waals surface area contributed by atoms with Crippen LogP contribution in [0.25, 0.3) is 0 Å². The van der Waals surface area contributed by atoms with Crippen LogP contribution in [0.3, 0.4) is 0 Å². The SMILES string of the molecule is Cc1cc(S(=O)(=O)N(C)CCN2CCOCC2)cc(C)n1. The second kappa shape index (κ2) is 6.83. The molecule has 1 aliphatic rings. The summed E-state index contributed by atoms with van der Waals surface area (Å²) in [7, 11) is -1.82. The number of hydrogen-bond acceptors (Lipinski definition) is 5. The molecular weight excluding hydrogens is 290 g/mol. The quantitative estimate of drug-likeness (QED) is 0.799. The van der Waals surface area contributed by atoms with Crippen molar-refractivity contribution in [1.82, 2.24) is 14.2 Å². The maximum absolute atomic E-state index is 12.6. The van der Waals surface area contributed by atoms with Crippen LogP contribution < -0.4 is 0 Å². The molecule has 7 heteroatoms. The highest BCUT2D eigenvalue weighted by atomic mass is 32.2. The molecule has 0 spiro atoms. The predicted molar refractivity (Wildman–Crippen MR) is 80.8 cm³/mol. The van der Waals surface area contributed by atoms with Crippen molar-refractivity contribution in [3.05, 3.63) is 23.5 Å². The van der Waals surface area contributed by atoms with E-state index in [-0.39, 0.29) is 0 Å². The van der Waals surface area contributed by atoms with Crippen molar-refractivity contribution in [2.24, 2.45) is 0 Å². The lowest BCUT2D eigenvalue weighted by atomic mass is 10.3. The molecule has 1 aromatic rings. The molecule has 6 nitrogen and oxygen atoms in total. The number of hydrogen-bond donors (Lipinski definition) is 0. The van der Waals surface area contributed by atoms with E-state index in [1.54, 1.807) is 33.0 Å². The maximum Gasteiger partial charge on any atom is 0.242 e. The van der Waals surface area contributed by atoms with Crippen LogP contribution in [0.15, 0.2) is 17.0 Å². The number of likely N-dealkylation sites (N-methyl/N-ethyl adjacent to an activating group) is 1. The van der Waals surface area contributed by atoms with Gasteiger partial charge in [-0.1, -0.05) is 0 Å². The third-order valence-electron chi connectivity index (χ3n) is 3.60. The molecule has 1 fully saturated rings. The summed E-state index contributed by atoms with van der Waals surface area (Å²) in [5, 5.41) is 0. The smallest absolute Gasteiger partial charge is 0.242 e. The van der Waals surface area contributed by atoms with Gasteiger partial charge in [0.15, 0.2) is 0 Å². The molecule has 1 aromatic heterocycles. The average Bonchev–Trinajstić information content (AvgIpc) is 2.44. The van der Waals surface area contributed by atoms with Crippen LogP contribution in [0.2, 0.25) is 0 Å². The van der Waals surface area contributed by atoms with Crippen molar-refractivity contribution in [3.8, 4) is 0 Å². The Hall–Kier alpha value is -1.02. The minimum Gasteiger partial charge on any atom is -0.379 e. The van der Waals surface area contributed by atoms with E-state index in [2.05, 4.69) is 9.88 Å². The van der Waals surface area contributed by atoms with Crippen LogP contribution in [0.1, 0.15) is 11.4 Å². The molecule has 0 aromatic carbocycles. The van der Waals surface area contributed by atoms with Gasteiger partial charge in [0.25, 0.3) is 0 Å². The van der Waals surface area contributed by atoms with Crippen LogP contribution >= 0.6 is 0 Å². The van der Waals surface area contributed by atoms with Crippen molar-refractivity contribution < 1.29 is 13.2 Å². The summed E-state index contributed by atoms with van der Waals surface area (Å²) >= 11 is 0. The third-order valence-corrected chi connectivity index (χ3v) is 5.43. The van der Waals surface area contributed by atoms with E-state index in [0.717, 1.165) is 44.2 Å². The molecule has 1 saturated heterocycles. The normalized spacial score (nSPS) is 17.3. The van der Waals surface area contributed by atoms with Crippen LogP contribution in [-0.4, -0.2) is 69.0 Å². The molecule has 2 rings (SSSR count). The lowest BCUT2D eigenvalue weighted by Gasteiger charge is -2.28. The van der Waals surface area contributed by atoms with Gasteiger partial charge >= 0.3 is 0 Å². The molecule has 0 bridgehead atoms. The summed E-state index contributed by atoms with van der Waals surface area (Å²) in [5.41, 5.74) is 1.44. The number of rotatable bonds is 5. The molecule has 0 radical (unpaired) electrons. The zero-order valence-corrected chi connectivity index (χ0v) is 13.7. The number of pyridine rings is 1. The van der Waals surface area contributed by atoms with Gasteiger partial charge in [0.2, 0.25) is 10.0 Å². The lowest BCUT2D eigenvalue weighted by molar-refractivity contribution is 0.0368. The molecular formula is C14H23N3O3S. The maximum atomic E-state index is 12.6. The summed E-state index contributed by atoms with van der Waals surface area (Å²) in [6.07, 6.45) is 0. The van der Waals surface area contributed by atoms with E-state index < -0.39 is 10.0 Å². The summed E-state index contributed by atoms with van der Waals surface area (Å²) in [5.74, 6) is 0. The number of morpholine rings is 1. The van der Waals surface area contributed by atoms with Crippen molar-refractivity contribution in [2.45, 2.75) is 18.7 Å². The molecule has 0 atom stereocenters. The summed E-state index contributed by atoms with van der Waals surface area (Å²) in [4.78, 5) is 6.76. The van der Waals surface area contributed by atoms with E-state index in [1.165, 1.54) is 4.31 Å². The van der Waals surface area contributed by atoms with Gasteiger partial charge in [-0.25, -0.2) is 8.42 Å². The van der Waals surface area contributed by atoms with E-state index in [1.807, 2.05) is 0 Å². The van der Waals surface area contributed by atoms with E-state index in [9.17, 15) is 8.42 Å². The largest absolute Gasteiger partial charge is 0.379 e. The van der Waals surface area contributed by atoms with E-state index >= 15 is 0 Å². The van der Waals surface area contributed by atoms with Crippen LogP contribution in [0.4, 0.5) is 0 Å². The van der Waals surface area contributed by atoms with Gasteiger partial charge in [0.05, 0.1) is 18.1 Å². The Bertz CT molecular complexity index is 563. The fourth-order valence-corrected chi connectivity index (χ4v) is 3.67. The van der Waals surface area contributed by atoms with Gasteiger partial charge in [0.1, 0.15) is 0 Å². The minimum atomic E-state index is -3.45. The molecule has 1 aliphatic heterocycles. The first-order valence-corrected chi connectivity index (χ1v) is 8.55. The predicted octanol–water partition coefficient (Wildman–Crippen LogP) is 0.651. The van der Waals surface area contributed by atoms with Gasteiger partial charge in [0, 0.05) is 44.6 Å². The number of aryl methyl sites for hydroxylation is 2. The second-order valence-corrected chi connectivity index (χ2v) is 7.41. The van der Waals surface area contributed by atoms with Gasteiger partial charge in [-0.15, -0.1) is 0 Å². The van der Waals surface area contributed by atoms with Gasteiger partial charge in [-0.3, -0.25) is 9.88 Å². The molecule has 0 N–H and O–H groups in total. The number of nitrogens with zero attached hydrogens (tertiary/aromatic N) is 3. The fourth-order valence-electron chi connectivity index (χ4n) is 2.35. The van der Waals surface area contributed by atoms with Crippen molar-refractivity contribution in [1.29, 1.82) is 0 Å². The molecule has 0 unspecified atom stereocenters. The first-order chi connectivity index (χ1) is 9.89. The monoisotopic (exact) mass is 313 g/mol. The number of ether oxygens (including phenoxy) is 1. The average molecular weight is 313 g/mol. The Morgan fingerprint density at radius 2 is 1.81 bits per heavy atom. The summed E-state index contributed by atoms with van der Waals surface area (Å²) in [6, 6.07) is 3.24. The highest BCUT2D eigenvalue weighted by Gasteiger charge is 2.22. The third kappa shape index (κ3) is 4.23. The first-order valence-electron chi connectivity index (χ1n) is 7.11. The topological polar surface area (TPSA) is 62.7 Å². The molecule has 0 amide bonds. The van der Waals surface area contributed by atoms with Crippen molar-refractivity contribution in [2.75, 3.05) is 46.4 Å². The van der Waals surface area contributed by atoms with Crippen LogP contribution in [-0.2, 0) is 14.8 Å². The second-order valence-electron chi connectivity index (χ2n) is 5.37. The summed E-state index contributed by atoms with van der Waals surface area (Å²) in [6.45, 7) is 7.98. The van der Waals surface area contributed by atoms with Gasteiger partial charge < -0.3 is 4.74 Å². The highest BCUT2D eigenvalue weighted by Crippen LogP contribution is 2.16. The standard InChI is InChI=1S/C14H23N3O3S/c1-12-10-14(11-13(2)15-12)21(18,19)16(3)4-5-17-6-8-20-9-7-17/h10-11H,4-9H2,1-3H3. The fraction of sp³-hybridized carbons (Fsp3) is 0.643. The van der Waals surface area contributed by atoms with Gasteiger partial charge in [-0.05, 0) is 26.0 Å². The molecule has 0 saturated carbocycles. The van der Waals surface area contributed by atoms with Crippen molar-refractivity contribution >= 4 is 10.0 Å². The molecule has 2 heterocycles. The number of aromatic nitrogens is 1. The zero-order chi connectivity index (χ0) is 15.5. The molecule has 0 aliphatic carbocycles. The van der Waals surface area contributed by atoms with Crippen LogP contribution in [0.5, 0.6) is 0 Å². The summed E-state index contributed by atoms with van der Waals surface area (Å²) < 4.78 is 31.8. The lowest BCUT2D eigenvalue weighted by Crippen LogP contribution is -2.41. The van der Waals surface area contributed by atoms with Crippen LogP contribution in [0, 0.1) is 13.8 Å². The Balaban J connectivity index is 2.03. The highest BCUT2D eigenvalue weighted by molar-refractivity contribution is 7.89. The Labute approximate surface area is 126 Å². The number of sulfonamides is 1. The molecule has 118 valence electrons. The zero-order valence-electron chi connectivity index (χ0n) is 12.9. The van der Waals surface area contributed by atoms with Gasteiger partial charge in [-0.2, -0.15) is 4.31 Å². The Morgan fingerprint density at radius 3 is 2.38 bits per heavy atom.